The van der Waals surface area contributed by atoms with Gasteiger partial charge in [-0.3, -0.25) is 0 Å². The zero-order valence-corrected chi connectivity index (χ0v) is 17.3. The van der Waals surface area contributed by atoms with Crippen LogP contribution in [0.4, 0.5) is 0 Å². The summed E-state index contributed by atoms with van der Waals surface area (Å²) in [5, 5.41) is 0. The SMILES string of the molecule is Cc1[c-]c2c(cc1C)-c1cc(C)c(C)cc1C2.[Cl-].[Cl-].[Hf]. The van der Waals surface area contributed by atoms with Crippen molar-refractivity contribution in [2.45, 2.75) is 34.1 Å². The van der Waals surface area contributed by atoms with Crippen LogP contribution in [0.5, 0.6) is 0 Å². The summed E-state index contributed by atoms with van der Waals surface area (Å²) in [4.78, 5) is 0. The van der Waals surface area contributed by atoms with Crippen molar-refractivity contribution in [1.82, 2.24) is 0 Å². The van der Waals surface area contributed by atoms with E-state index in [1.165, 1.54) is 44.5 Å². The molecule has 0 heterocycles. The van der Waals surface area contributed by atoms with Crippen molar-refractivity contribution in [3.63, 3.8) is 0 Å². The largest absolute Gasteiger partial charge is 1.00 e. The summed E-state index contributed by atoms with van der Waals surface area (Å²) in [6.07, 6.45) is 1.05. The summed E-state index contributed by atoms with van der Waals surface area (Å²) in [5.74, 6) is 0. The Morgan fingerprint density at radius 1 is 0.800 bits per heavy atom. The molecule has 0 saturated heterocycles. The molecular formula is C17H17Cl2Hf-3. The first-order chi connectivity index (χ1) is 8.06. The van der Waals surface area contributed by atoms with Crippen LogP contribution < -0.4 is 24.8 Å². The fraction of sp³-hybridized carbons (Fsp3) is 0.294. The number of fused-ring (bicyclic) bond motifs is 3. The van der Waals surface area contributed by atoms with Crippen LogP contribution in [0.1, 0.15) is 33.4 Å². The fourth-order valence-electron chi connectivity index (χ4n) is 2.65. The quantitative estimate of drug-likeness (QED) is 0.271. The first kappa shape index (κ1) is 19.9. The molecule has 0 spiro atoms. The second-order valence-corrected chi connectivity index (χ2v) is 5.24. The minimum atomic E-state index is 0. The van der Waals surface area contributed by atoms with E-state index < -0.39 is 0 Å². The van der Waals surface area contributed by atoms with Gasteiger partial charge >= 0.3 is 0 Å². The number of rotatable bonds is 0. The van der Waals surface area contributed by atoms with E-state index in [-0.39, 0.29) is 50.7 Å². The molecule has 0 fully saturated rings. The van der Waals surface area contributed by atoms with Gasteiger partial charge in [0.2, 0.25) is 0 Å². The molecule has 0 atom stereocenters. The third-order valence-corrected chi connectivity index (χ3v) is 3.99. The summed E-state index contributed by atoms with van der Waals surface area (Å²) < 4.78 is 0. The van der Waals surface area contributed by atoms with Gasteiger partial charge in [-0.1, -0.05) is 31.5 Å². The van der Waals surface area contributed by atoms with Crippen molar-refractivity contribution in [2.75, 3.05) is 0 Å². The maximum atomic E-state index is 3.54. The van der Waals surface area contributed by atoms with Crippen molar-refractivity contribution in [3.05, 3.63) is 57.6 Å². The number of benzene rings is 2. The average Bonchev–Trinajstić information content (AvgIpc) is 2.58. The molecule has 0 bridgehead atoms. The average molecular weight is 471 g/mol. The molecule has 0 saturated carbocycles. The molecule has 3 heteroatoms. The van der Waals surface area contributed by atoms with E-state index in [1.807, 2.05) is 0 Å². The van der Waals surface area contributed by atoms with Gasteiger partial charge in [0.05, 0.1) is 0 Å². The van der Waals surface area contributed by atoms with Gasteiger partial charge in [0.1, 0.15) is 0 Å². The van der Waals surface area contributed by atoms with Gasteiger partial charge in [0.15, 0.2) is 0 Å². The van der Waals surface area contributed by atoms with Crippen LogP contribution in [0.2, 0.25) is 0 Å². The van der Waals surface area contributed by atoms with E-state index in [2.05, 4.69) is 52.0 Å². The van der Waals surface area contributed by atoms with E-state index in [0.29, 0.717) is 0 Å². The van der Waals surface area contributed by atoms with Gasteiger partial charge in [-0.2, -0.15) is 23.3 Å². The second kappa shape index (κ2) is 7.24. The Bertz CT molecular complexity index is 578. The van der Waals surface area contributed by atoms with Crippen LogP contribution >= 0.6 is 0 Å². The van der Waals surface area contributed by atoms with E-state index in [9.17, 15) is 0 Å². The smallest absolute Gasteiger partial charge is 0 e. The van der Waals surface area contributed by atoms with Crippen molar-refractivity contribution in [1.29, 1.82) is 0 Å². The third-order valence-electron chi connectivity index (χ3n) is 3.99. The van der Waals surface area contributed by atoms with Crippen LogP contribution in [0.25, 0.3) is 11.1 Å². The summed E-state index contributed by atoms with van der Waals surface area (Å²) >= 11 is 0. The Morgan fingerprint density at radius 3 is 2.00 bits per heavy atom. The van der Waals surface area contributed by atoms with Crippen LogP contribution in [0, 0.1) is 33.8 Å². The van der Waals surface area contributed by atoms with Crippen molar-refractivity contribution >= 4 is 0 Å². The molecule has 2 aromatic rings. The Balaban J connectivity index is 0.00000120. The molecule has 0 unspecified atom stereocenters. The van der Waals surface area contributed by atoms with Crippen LogP contribution in [0.15, 0.2) is 18.2 Å². The van der Waals surface area contributed by atoms with E-state index in [4.69, 9.17) is 0 Å². The Hall–Kier alpha value is -0.110. The molecule has 0 radical (unpaired) electrons. The predicted octanol–water partition coefficient (Wildman–Crippen LogP) is -1.70. The van der Waals surface area contributed by atoms with Crippen molar-refractivity contribution in [2.24, 2.45) is 0 Å². The second-order valence-electron chi connectivity index (χ2n) is 5.24. The minimum absolute atomic E-state index is 0. The molecule has 20 heavy (non-hydrogen) atoms. The van der Waals surface area contributed by atoms with Gasteiger partial charge in [-0.05, 0) is 37.0 Å². The zero-order valence-electron chi connectivity index (χ0n) is 12.2. The molecule has 1 aliphatic carbocycles. The van der Waals surface area contributed by atoms with Gasteiger partial charge in [-0.15, -0.1) is 11.1 Å². The van der Waals surface area contributed by atoms with Crippen LogP contribution in [-0.2, 0) is 32.3 Å². The first-order valence-corrected chi connectivity index (χ1v) is 6.19. The molecule has 2 aromatic carbocycles. The summed E-state index contributed by atoms with van der Waals surface area (Å²) in [5.41, 5.74) is 11.0. The Labute approximate surface area is 153 Å². The first-order valence-electron chi connectivity index (χ1n) is 6.19. The summed E-state index contributed by atoms with van der Waals surface area (Å²) in [7, 11) is 0. The van der Waals surface area contributed by atoms with Gasteiger partial charge in [0, 0.05) is 25.8 Å². The van der Waals surface area contributed by atoms with E-state index in [1.54, 1.807) is 0 Å². The summed E-state index contributed by atoms with van der Waals surface area (Å²) in [6.45, 7) is 8.71. The monoisotopic (exact) mass is 471 g/mol. The van der Waals surface area contributed by atoms with Crippen molar-refractivity contribution < 1.29 is 50.7 Å². The molecule has 0 amide bonds. The van der Waals surface area contributed by atoms with E-state index >= 15 is 0 Å². The number of aryl methyl sites for hydroxylation is 4. The molecule has 3 rings (SSSR count). The molecule has 0 nitrogen and oxygen atoms in total. The maximum Gasteiger partial charge on any atom is 0 e. The molecular weight excluding hydrogens is 454 g/mol. The maximum absolute atomic E-state index is 3.54. The topological polar surface area (TPSA) is 0 Å². The molecule has 0 aromatic heterocycles. The zero-order chi connectivity index (χ0) is 12.2. The van der Waals surface area contributed by atoms with Gasteiger partial charge in [0.25, 0.3) is 0 Å². The standard InChI is InChI=1S/C17H17.2ClH.Hf/c1-10-5-14-9-15-6-11(2)13(4)8-17(15)16(14)7-12(10)3;;;/h5,7-8H,9H2,1-4H3;2*1H;/q-1;;;/p-2. The van der Waals surface area contributed by atoms with E-state index in [0.717, 1.165) is 6.42 Å². The number of hydrogen-bond donors (Lipinski definition) is 0. The molecule has 0 aliphatic heterocycles. The normalized spacial score (nSPS) is 10.6. The van der Waals surface area contributed by atoms with Crippen molar-refractivity contribution in [3.8, 4) is 11.1 Å². The fourth-order valence-corrected chi connectivity index (χ4v) is 2.65. The molecule has 0 N–H and O–H groups in total. The van der Waals surface area contributed by atoms with Crippen LogP contribution in [0.3, 0.4) is 0 Å². The number of hydrogen-bond acceptors (Lipinski definition) is 0. The molecule has 106 valence electrons. The third kappa shape index (κ3) is 3.21. The minimum Gasteiger partial charge on any atom is -1.00 e. The number of halogens is 2. The van der Waals surface area contributed by atoms with Gasteiger partial charge < -0.3 is 24.8 Å². The summed E-state index contributed by atoms with van der Waals surface area (Å²) in [6, 6.07) is 10.5. The van der Waals surface area contributed by atoms with Gasteiger partial charge in [-0.25, -0.2) is 0 Å². The van der Waals surface area contributed by atoms with Crippen LogP contribution in [-0.4, -0.2) is 0 Å². The predicted molar refractivity (Wildman–Crippen MR) is 72.5 cm³/mol. The Morgan fingerprint density at radius 2 is 1.35 bits per heavy atom. The Kier molecular flexibility index (Phi) is 7.20. The molecule has 1 aliphatic rings.